The first kappa shape index (κ1) is 12.0. The van der Waals surface area contributed by atoms with Crippen molar-refractivity contribution in [3.8, 4) is 0 Å². The van der Waals surface area contributed by atoms with Crippen molar-refractivity contribution in [2.24, 2.45) is 5.92 Å². The predicted molar refractivity (Wildman–Crippen MR) is 77.2 cm³/mol. The Balaban J connectivity index is 1.75. The monoisotopic (exact) mass is 244 g/mol. The molecule has 2 fully saturated rings. The van der Waals surface area contributed by atoms with E-state index in [0.29, 0.717) is 0 Å². The molecule has 1 unspecified atom stereocenters. The quantitative estimate of drug-likeness (QED) is 0.879. The summed E-state index contributed by atoms with van der Waals surface area (Å²) in [5.74, 6) is 0.944. The second-order valence-electron chi connectivity index (χ2n) is 5.72. The highest BCUT2D eigenvalue weighted by Crippen LogP contribution is 2.34. The van der Waals surface area contributed by atoms with E-state index >= 15 is 0 Å². The molecule has 0 spiro atoms. The second kappa shape index (κ2) is 5.31. The Kier molecular flexibility index (Phi) is 3.55. The maximum Gasteiger partial charge on any atom is 0.0369 e. The molecule has 1 heterocycles. The predicted octanol–water partition coefficient (Wildman–Crippen LogP) is 2.83. The zero-order chi connectivity index (χ0) is 12.4. The molecule has 1 saturated carbocycles. The standard InChI is InChI=1S/C16H24N2/c1-2-13-5-3-6-15(11-13)18-10-4-9-17-16(12-18)14-7-8-14/h3,5-6,11,14,16-17H,2,4,7-10,12H2,1H3. The van der Waals surface area contributed by atoms with Crippen LogP contribution in [0.15, 0.2) is 24.3 Å². The molecule has 98 valence electrons. The summed E-state index contributed by atoms with van der Waals surface area (Å²) in [6, 6.07) is 9.80. The minimum absolute atomic E-state index is 0.720. The Hall–Kier alpha value is -1.02. The molecule has 0 amide bonds. The Morgan fingerprint density at radius 1 is 1.33 bits per heavy atom. The highest BCUT2D eigenvalue weighted by Gasteiger charge is 2.33. The average molecular weight is 244 g/mol. The van der Waals surface area contributed by atoms with Crippen LogP contribution in [0.3, 0.4) is 0 Å². The van der Waals surface area contributed by atoms with Crippen LogP contribution in [-0.4, -0.2) is 25.7 Å². The van der Waals surface area contributed by atoms with Gasteiger partial charge in [-0.15, -0.1) is 0 Å². The van der Waals surface area contributed by atoms with Crippen LogP contribution < -0.4 is 10.2 Å². The Labute approximate surface area is 110 Å². The fourth-order valence-electron chi connectivity index (χ4n) is 2.97. The first-order chi connectivity index (χ1) is 8.86. The molecule has 1 N–H and O–H groups in total. The van der Waals surface area contributed by atoms with Crippen LogP contribution in [0, 0.1) is 5.92 Å². The van der Waals surface area contributed by atoms with Crippen molar-refractivity contribution >= 4 is 5.69 Å². The molecule has 1 aliphatic carbocycles. The third-order valence-corrected chi connectivity index (χ3v) is 4.30. The van der Waals surface area contributed by atoms with Crippen LogP contribution in [-0.2, 0) is 6.42 Å². The largest absolute Gasteiger partial charge is 0.370 e. The van der Waals surface area contributed by atoms with Gasteiger partial charge in [-0.05, 0) is 55.8 Å². The maximum atomic E-state index is 3.73. The van der Waals surface area contributed by atoms with Crippen LogP contribution in [0.25, 0.3) is 0 Å². The number of anilines is 1. The van der Waals surface area contributed by atoms with Crippen LogP contribution in [0.5, 0.6) is 0 Å². The van der Waals surface area contributed by atoms with E-state index in [1.165, 1.54) is 50.1 Å². The zero-order valence-corrected chi connectivity index (χ0v) is 11.4. The SMILES string of the molecule is CCc1cccc(N2CCCNC(C3CC3)C2)c1. The number of hydrogen-bond donors (Lipinski definition) is 1. The lowest BCUT2D eigenvalue weighted by atomic mass is 10.1. The highest BCUT2D eigenvalue weighted by molar-refractivity contribution is 5.49. The van der Waals surface area contributed by atoms with Gasteiger partial charge in [-0.2, -0.15) is 0 Å². The number of hydrogen-bond acceptors (Lipinski definition) is 2. The number of nitrogens with one attached hydrogen (secondary N) is 1. The summed E-state index contributed by atoms with van der Waals surface area (Å²) < 4.78 is 0. The number of aryl methyl sites for hydroxylation is 1. The molecule has 1 aliphatic heterocycles. The molecule has 1 atom stereocenters. The minimum Gasteiger partial charge on any atom is -0.370 e. The first-order valence-electron chi connectivity index (χ1n) is 7.44. The van der Waals surface area contributed by atoms with Crippen LogP contribution in [0.1, 0.15) is 31.7 Å². The van der Waals surface area contributed by atoms with E-state index in [-0.39, 0.29) is 0 Å². The summed E-state index contributed by atoms with van der Waals surface area (Å²) in [5.41, 5.74) is 2.87. The second-order valence-corrected chi connectivity index (χ2v) is 5.72. The van der Waals surface area contributed by atoms with E-state index in [1.54, 1.807) is 0 Å². The van der Waals surface area contributed by atoms with E-state index in [2.05, 4.69) is 41.4 Å². The van der Waals surface area contributed by atoms with E-state index in [4.69, 9.17) is 0 Å². The smallest absolute Gasteiger partial charge is 0.0369 e. The van der Waals surface area contributed by atoms with Gasteiger partial charge in [0.05, 0.1) is 0 Å². The molecule has 18 heavy (non-hydrogen) atoms. The van der Waals surface area contributed by atoms with Gasteiger partial charge in [0, 0.05) is 24.8 Å². The van der Waals surface area contributed by atoms with Gasteiger partial charge in [0.25, 0.3) is 0 Å². The van der Waals surface area contributed by atoms with Crippen molar-refractivity contribution in [1.82, 2.24) is 5.32 Å². The average Bonchev–Trinajstić information content (AvgIpc) is 3.24. The molecule has 2 heteroatoms. The van der Waals surface area contributed by atoms with E-state index in [1.807, 2.05) is 0 Å². The fraction of sp³-hybridized carbons (Fsp3) is 0.625. The third-order valence-electron chi connectivity index (χ3n) is 4.30. The summed E-state index contributed by atoms with van der Waals surface area (Å²) in [7, 11) is 0. The number of benzene rings is 1. The van der Waals surface area contributed by atoms with E-state index in [0.717, 1.165) is 18.4 Å². The van der Waals surface area contributed by atoms with Gasteiger partial charge < -0.3 is 10.2 Å². The van der Waals surface area contributed by atoms with Gasteiger partial charge >= 0.3 is 0 Å². The van der Waals surface area contributed by atoms with Gasteiger partial charge in [0.15, 0.2) is 0 Å². The van der Waals surface area contributed by atoms with Crippen molar-refractivity contribution in [3.05, 3.63) is 29.8 Å². The van der Waals surface area contributed by atoms with Crippen molar-refractivity contribution in [2.75, 3.05) is 24.5 Å². The fourth-order valence-corrected chi connectivity index (χ4v) is 2.97. The van der Waals surface area contributed by atoms with Crippen molar-refractivity contribution < 1.29 is 0 Å². The minimum atomic E-state index is 0.720. The molecule has 2 nitrogen and oxygen atoms in total. The van der Waals surface area contributed by atoms with Gasteiger partial charge in [0.1, 0.15) is 0 Å². The Morgan fingerprint density at radius 3 is 3.00 bits per heavy atom. The molecule has 1 saturated heterocycles. The van der Waals surface area contributed by atoms with Crippen LogP contribution in [0.4, 0.5) is 5.69 Å². The number of rotatable bonds is 3. The van der Waals surface area contributed by atoms with Crippen molar-refractivity contribution in [1.29, 1.82) is 0 Å². The topological polar surface area (TPSA) is 15.3 Å². The van der Waals surface area contributed by atoms with Gasteiger partial charge in [-0.3, -0.25) is 0 Å². The van der Waals surface area contributed by atoms with Crippen molar-refractivity contribution in [2.45, 2.75) is 38.6 Å². The Bertz CT molecular complexity index is 398. The lowest BCUT2D eigenvalue weighted by Crippen LogP contribution is -2.39. The summed E-state index contributed by atoms with van der Waals surface area (Å²) >= 11 is 0. The molecule has 3 rings (SSSR count). The molecular formula is C16H24N2. The molecule has 0 bridgehead atoms. The van der Waals surface area contributed by atoms with Crippen LogP contribution in [0.2, 0.25) is 0 Å². The van der Waals surface area contributed by atoms with Gasteiger partial charge in [-0.25, -0.2) is 0 Å². The van der Waals surface area contributed by atoms with E-state index in [9.17, 15) is 0 Å². The summed E-state index contributed by atoms with van der Waals surface area (Å²) in [4.78, 5) is 2.59. The molecule has 0 radical (unpaired) electrons. The summed E-state index contributed by atoms with van der Waals surface area (Å²) in [6.07, 6.45) is 5.26. The van der Waals surface area contributed by atoms with Crippen LogP contribution >= 0.6 is 0 Å². The molecule has 0 aromatic heterocycles. The summed E-state index contributed by atoms with van der Waals surface area (Å²) in [6.45, 7) is 5.81. The molecule has 2 aliphatic rings. The highest BCUT2D eigenvalue weighted by atomic mass is 15.2. The molecular weight excluding hydrogens is 220 g/mol. The van der Waals surface area contributed by atoms with Gasteiger partial charge in [-0.1, -0.05) is 19.1 Å². The first-order valence-corrected chi connectivity index (χ1v) is 7.44. The lowest BCUT2D eigenvalue weighted by molar-refractivity contribution is 0.490. The summed E-state index contributed by atoms with van der Waals surface area (Å²) in [5, 5.41) is 3.73. The molecule has 1 aromatic carbocycles. The van der Waals surface area contributed by atoms with Crippen molar-refractivity contribution in [3.63, 3.8) is 0 Å². The molecule has 1 aromatic rings. The van der Waals surface area contributed by atoms with E-state index < -0.39 is 0 Å². The number of nitrogens with zero attached hydrogens (tertiary/aromatic N) is 1. The third kappa shape index (κ3) is 2.69. The zero-order valence-electron chi connectivity index (χ0n) is 11.4. The van der Waals surface area contributed by atoms with Gasteiger partial charge in [0.2, 0.25) is 0 Å². The lowest BCUT2D eigenvalue weighted by Gasteiger charge is -2.27. The maximum absolute atomic E-state index is 3.73. The normalized spacial score (nSPS) is 24.9. The Morgan fingerprint density at radius 2 is 2.22 bits per heavy atom.